The predicted octanol–water partition coefficient (Wildman–Crippen LogP) is 3.76. The van der Waals surface area contributed by atoms with Crippen molar-refractivity contribution < 1.29 is 0 Å². The molecule has 0 spiro atoms. The number of fused-ring (bicyclic) bond motifs is 3. The lowest BCUT2D eigenvalue weighted by Crippen LogP contribution is -2.22. The molecule has 3 heterocycles. The largest absolute Gasteiger partial charge is 0.329 e. The topological polar surface area (TPSA) is 41.1 Å². The minimum atomic E-state index is 0.740. The first-order valence-corrected chi connectivity index (χ1v) is 8.39. The number of halogens is 1. The van der Waals surface area contributed by atoms with Crippen LogP contribution in [-0.2, 0) is 13.0 Å². The smallest absolute Gasteiger partial charge is 0.145 e. The Balaban J connectivity index is 1.87. The molecule has 6 heteroatoms. The summed E-state index contributed by atoms with van der Waals surface area (Å²) in [5.74, 6) is 0.965. The monoisotopic (exact) mass is 330 g/mol. The Morgan fingerprint density at radius 1 is 1.23 bits per heavy atom. The van der Waals surface area contributed by atoms with E-state index in [2.05, 4.69) is 20.2 Å². The molecule has 4 nitrogen and oxygen atoms in total. The minimum absolute atomic E-state index is 0.740. The third-order valence-corrected chi connectivity index (χ3v) is 5.41. The van der Waals surface area contributed by atoms with Crippen LogP contribution in [0.5, 0.6) is 0 Å². The molecule has 2 aromatic heterocycles. The Labute approximate surface area is 137 Å². The van der Waals surface area contributed by atoms with E-state index in [-0.39, 0.29) is 0 Å². The zero-order chi connectivity index (χ0) is 15.1. The first kappa shape index (κ1) is 13.9. The standard InChI is InChI=1S/C16H15ClN4S/c1-21(11-4-2-10(17)3-5-11)15-14-12-6-7-18-8-13(12)22-16(14)20-9-19-15/h2-5,9,18H,6-8H2,1H3. The summed E-state index contributed by atoms with van der Waals surface area (Å²) < 4.78 is 0. The van der Waals surface area contributed by atoms with E-state index in [1.807, 2.05) is 31.3 Å². The fourth-order valence-corrected chi connectivity index (χ4v) is 4.16. The second-order valence-corrected chi connectivity index (χ2v) is 6.86. The number of benzene rings is 1. The van der Waals surface area contributed by atoms with Gasteiger partial charge < -0.3 is 10.2 Å². The molecule has 0 fully saturated rings. The van der Waals surface area contributed by atoms with Crippen molar-refractivity contribution in [2.75, 3.05) is 18.5 Å². The summed E-state index contributed by atoms with van der Waals surface area (Å²) in [4.78, 5) is 13.6. The van der Waals surface area contributed by atoms with Crippen molar-refractivity contribution in [3.63, 3.8) is 0 Å². The molecule has 0 atom stereocenters. The van der Waals surface area contributed by atoms with Gasteiger partial charge in [0.2, 0.25) is 0 Å². The maximum absolute atomic E-state index is 5.99. The number of hydrogen-bond donors (Lipinski definition) is 1. The molecule has 0 amide bonds. The average Bonchev–Trinajstić information content (AvgIpc) is 2.93. The van der Waals surface area contributed by atoms with Crippen molar-refractivity contribution in [1.82, 2.24) is 15.3 Å². The molecular weight excluding hydrogens is 316 g/mol. The van der Waals surface area contributed by atoms with Crippen molar-refractivity contribution in [1.29, 1.82) is 0 Å². The van der Waals surface area contributed by atoms with Gasteiger partial charge in [-0.2, -0.15) is 0 Å². The van der Waals surface area contributed by atoms with E-state index >= 15 is 0 Å². The number of anilines is 2. The second-order valence-electron chi connectivity index (χ2n) is 5.34. The highest BCUT2D eigenvalue weighted by molar-refractivity contribution is 7.19. The Morgan fingerprint density at radius 2 is 2.05 bits per heavy atom. The van der Waals surface area contributed by atoms with Crippen LogP contribution in [0, 0.1) is 0 Å². The summed E-state index contributed by atoms with van der Waals surface area (Å²) in [5, 5.41) is 5.36. The van der Waals surface area contributed by atoms with Crippen LogP contribution in [-0.4, -0.2) is 23.6 Å². The first-order chi connectivity index (χ1) is 10.7. The van der Waals surface area contributed by atoms with Gasteiger partial charge in [-0.15, -0.1) is 11.3 Å². The zero-order valence-electron chi connectivity index (χ0n) is 12.1. The highest BCUT2D eigenvalue weighted by Gasteiger charge is 2.21. The number of thiophene rings is 1. The molecule has 0 radical (unpaired) electrons. The molecule has 22 heavy (non-hydrogen) atoms. The Bertz CT molecular complexity index is 828. The molecule has 4 rings (SSSR count). The summed E-state index contributed by atoms with van der Waals surface area (Å²) in [6, 6.07) is 7.82. The summed E-state index contributed by atoms with van der Waals surface area (Å²) in [6.45, 7) is 1.94. The molecule has 0 saturated heterocycles. The zero-order valence-corrected chi connectivity index (χ0v) is 13.7. The van der Waals surface area contributed by atoms with Gasteiger partial charge in [0.1, 0.15) is 17.0 Å². The van der Waals surface area contributed by atoms with Crippen molar-refractivity contribution >= 4 is 44.7 Å². The first-order valence-electron chi connectivity index (χ1n) is 7.19. The van der Waals surface area contributed by atoms with Gasteiger partial charge in [0.05, 0.1) is 5.39 Å². The average molecular weight is 331 g/mol. The third kappa shape index (κ3) is 2.26. The number of hydrogen-bond acceptors (Lipinski definition) is 5. The van der Waals surface area contributed by atoms with Gasteiger partial charge in [-0.25, -0.2) is 9.97 Å². The van der Waals surface area contributed by atoms with Crippen molar-refractivity contribution in [2.45, 2.75) is 13.0 Å². The predicted molar refractivity (Wildman–Crippen MR) is 92.3 cm³/mol. The van der Waals surface area contributed by atoms with E-state index in [0.717, 1.165) is 40.9 Å². The highest BCUT2D eigenvalue weighted by atomic mass is 35.5. The maximum Gasteiger partial charge on any atom is 0.145 e. The van der Waals surface area contributed by atoms with Crippen LogP contribution in [0.2, 0.25) is 5.02 Å². The molecule has 3 aromatic rings. The van der Waals surface area contributed by atoms with Crippen LogP contribution in [0.1, 0.15) is 10.4 Å². The van der Waals surface area contributed by atoms with Crippen LogP contribution in [0.3, 0.4) is 0 Å². The van der Waals surface area contributed by atoms with Gasteiger partial charge >= 0.3 is 0 Å². The lowest BCUT2D eigenvalue weighted by Gasteiger charge is -2.20. The van der Waals surface area contributed by atoms with Crippen LogP contribution >= 0.6 is 22.9 Å². The highest BCUT2D eigenvalue weighted by Crippen LogP contribution is 2.38. The quantitative estimate of drug-likeness (QED) is 0.776. The molecule has 0 unspecified atom stereocenters. The third-order valence-electron chi connectivity index (χ3n) is 4.02. The van der Waals surface area contributed by atoms with E-state index in [9.17, 15) is 0 Å². The van der Waals surface area contributed by atoms with Crippen molar-refractivity contribution in [3.8, 4) is 0 Å². The molecule has 1 aliphatic rings. The number of nitrogens with zero attached hydrogens (tertiary/aromatic N) is 3. The Hall–Kier alpha value is -1.69. The Morgan fingerprint density at radius 3 is 2.86 bits per heavy atom. The maximum atomic E-state index is 5.99. The number of aromatic nitrogens is 2. The van der Waals surface area contributed by atoms with Crippen molar-refractivity contribution in [2.24, 2.45) is 0 Å². The van der Waals surface area contributed by atoms with E-state index in [0.29, 0.717) is 0 Å². The van der Waals surface area contributed by atoms with Gasteiger partial charge in [-0.05, 0) is 42.8 Å². The molecular formula is C16H15ClN4S. The minimum Gasteiger partial charge on any atom is -0.329 e. The molecule has 0 bridgehead atoms. The molecule has 0 saturated carbocycles. The van der Waals surface area contributed by atoms with Gasteiger partial charge in [0.15, 0.2) is 0 Å². The van der Waals surface area contributed by atoms with Crippen LogP contribution in [0.4, 0.5) is 11.5 Å². The molecule has 112 valence electrons. The van der Waals surface area contributed by atoms with Crippen LogP contribution in [0.15, 0.2) is 30.6 Å². The van der Waals surface area contributed by atoms with E-state index in [1.165, 1.54) is 15.8 Å². The summed E-state index contributed by atoms with van der Waals surface area (Å²) in [5.41, 5.74) is 2.47. The van der Waals surface area contributed by atoms with Crippen LogP contribution in [0.25, 0.3) is 10.2 Å². The Kier molecular flexibility index (Phi) is 3.48. The van der Waals surface area contributed by atoms with Gasteiger partial charge in [-0.3, -0.25) is 0 Å². The summed E-state index contributed by atoms with van der Waals surface area (Å²) in [7, 11) is 2.04. The van der Waals surface area contributed by atoms with Gasteiger partial charge in [0.25, 0.3) is 0 Å². The SMILES string of the molecule is CN(c1ccc(Cl)cc1)c1ncnc2sc3c(c12)CCNC3. The lowest BCUT2D eigenvalue weighted by molar-refractivity contribution is 0.657. The summed E-state index contributed by atoms with van der Waals surface area (Å²) >= 11 is 7.75. The number of nitrogens with one attached hydrogen (secondary N) is 1. The lowest BCUT2D eigenvalue weighted by atomic mass is 10.1. The molecule has 0 aliphatic carbocycles. The molecule has 1 aromatic carbocycles. The number of rotatable bonds is 2. The van der Waals surface area contributed by atoms with Crippen LogP contribution < -0.4 is 10.2 Å². The van der Waals surface area contributed by atoms with Gasteiger partial charge in [-0.1, -0.05) is 11.6 Å². The van der Waals surface area contributed by atoms with E-state index < -0.39 is 0 Å². The van der Waals surface area contributed by atoms with Crippen molar-refractivity contribution in [3.05, 3.63) is 46.1 Å². The second kappa shape index (κ2) is 5.50. The summed E-state index contributed by atoms with van der Waals surface area (Å²) in [6.07, 6.45) is 2.68. The normalized spacial score (nSPS) is 14.1. The fourth-order valence-electron chi connectivity index (χ4n) is 2.88. The van der Waals surface area contributed by atoms with Gasteiger partial charge in [0, 0.05) is 29.2 Å². The van der Waals surface area contributed by atoms with E-state index in [4.69, 9.17) is 11.6 Å². The molecule has 1 N–H and O–H groups in total. The van der Waals surface area contributed by atoms with E-state index in [1.54, 1.807) is 17.7 Å². The fraction of sp³-hybridized carbons (Fsp3) is 0.250. The molecule has 1 aliphatic heterocycles.